The number of carbonyl (C=O) groups excluding carboxylic acids is 1. The first-order valence-corrected chi connectivity index (χ1v) is 8.05. The summed E-state index contributed by atoms with van der Waals surface area (Å²) in [7, 11) is 0. The number of amides is 1. The average molecular weight is 320 g/mol. The molecular formula is C17H24N2O4. The van der Waals surface area contributed by atoms with Crippen LogP contribution < -0.4 is 10.1 Å². The number of benzene rings is 1. The molecule has 6 nitrogen and oxygen atoms in total. The fraction of sp³-hybridized carbons (Fsp3) is 0.588. The highest BCUT2D eigenvalue weighted by Gasteiger charge is 2.28. The summed E-state index contributed by atoms with van der Waals surface area (Å²) in [5, 5.41) is 14.0. The normalized spacial score (nSPS) is 24.0. The number of nitrogens with one attached hydrogen (secondary N) is 1. The third kappa shape index (κ3) is 4.43. The Hall–Kier alpha value is -2.11. The van der Waals surface area contributed by atoms with E-state index in [2.05, 4.69) is 19.2 Å². The van der Waals surface area contributed by atoms with Crippen molar-refractivity contribution in [3.8, 4) is 5.75 Å². The van der Waals surface area contributed by atoms with Gasteiger partial charge in [0.05, 0.1) is 4.92 Å². The number of aryl methyl sites for hydroxylation is 1. The number of nitro groups is 1. The Kier molecular flexibility index (Phi) is 5.58. The Labute approximate surface area is 136 Å². The van der Waals surface area contributed by atoms with Gasteiger partial charge in [0.15, 0.2) is 12.4 Å². The first-order chi connectivity index (χ1) is 10.9. The fourth-order valence-corrected chi connectivity index (χ4v) is 3.07. The molecule has 0 saturated heterocycles. The van der Waals surface area contributed by atoms with Crippen LogP contribution in [0.4, 0.5) is 5.69 Å². The summed E-state index contributed by atoms with van der Waals surface area (Å²) < 4.78 is 5.37. The number of nitrogens with zero attached hydrogens (tertiary/aromatic N) is 1. The van der Waals surface area contributed by atoms with Gasteiger partial charge in [-0.15, -0.1) is 0 Å². The van der Waals surface area contributed by atoms with Gasteiger partial charge >= 0.3 is 5.69 Å². The lowest BCUT2D eigenvalue weighted by Crippen LogP contribution is -2.45. The lowest BCUT2D eigenvalue weighted by molar-refractivity contribution is -0.385. The predicted octanol–water partition coefficient (Wildman–Crippen LogP) is 3.22. The van der Waals surface area contributed by atoms with Gasteiger partial charge in [-0.3, -0.25) is 14.9 Å². The Morgan fingerprint density at radius 1 is 1.39 bits per heavy atom. The molecule has 1 aliphatic carbocycles. The fourth-order valence-electron chi connectivity index (χ4n) is 3.07. The van der Waals surface area contributed by atoms with E-state index in [9.17, 15) is 14.9 Å². The zero-order valence-corrected chi connectivity index (χ0v) is 13.9. The first kappa shape index (κ1) is 17.2. The highest BCUT2D eigenvalue weighted by molar-refractivity contribution is 5.78. The number of carbonyl (C=O) groups is 1. The Morgan fingerprint density at radius 3 is 2.83 bits per heavy atom. The summed E-state index contributed by atoms with van der Waals surface area (Å²) >= 11 is 0. The van der Waals surface area contributed by atoms with Gasteiger partial charge in [0.25, 0.3) is 5.91 Å². The highest BCUT2D eigenvalue weighted by atomic mass is 16.6. The zero-order chi connectivity index (χ0) is 17.0. The number of ether oxygens (including phenoxy) is 1. The van der Waals surface area contributed by atoms with Crippen LogP contribution in [0.3, 0.4) is 0 Å². The molecule has 126 valence electrons. The number of hydrogen-bond donors (Lipinski definition) is 1. The molecule has 0 radical (unpaired) electrons. The summed E-state index contributed by atoms with van der Waals surface area (Å²) in [5.41, 5.74) is 0.663. The minimum atomic E-state index is -0.495. The summed E-state index contributed by atoms with van der Waals surface area (Å²) in [6, 6.07) is 4.86. The monoisotopic (exact) mass is 320 g/mol. The maximum Gasteiger partial charge on any atom is 0.311 e. The largest absolute Gasteiger partial charge is 0.477 e. The van der Waals surface area contributed by atoms with Gasteiger partial charge in [0, 0.05) is 12.1 Å². The van der Waals surface area contributed by atoms with Crippen molar-refractivity contribution >= 4 is 11.6 Å². The molecule has 0 bridgehead atoms. The van der Waals surface area contributed by atoms with Crippen molar-refractivity contribution in [3.05, 3.63) is 33.9 Å². The Morgan fingerprint density at radius 2 is 2.13 bits per heavy atom. The summed E-state index contributed by atoms with van der Waals surface area (Å²) in [4.78, 5) is 22.6. The predicted molar refractivity (Wildman–Crippen MR) is 87.4 cm³/mol. The smallest absolute Gasteiger partial charge is 0.311 e. The molecule has 0 heterocycles. The molecule has 1 aliphatic rings. The SMILES string of the molecule is Cc1ccc(OCC(=O)N[C@H]2CCC[C@@H](C)[C@@H]2C)c([N+](=O)[O-])c1. The minimum absolute atomic E-state index is 0.113. The van der Waals surface area contributed by atoms with E-state index in [-0.39, 0.29) is 30.0 Å². The standard InChI is InChI=1S/C17H24N2O4/c1-11-7-8-16(15(9-11)19(21)22)23-10-17(20)18-14-6-4-5-12(2)13(14)3/h7-9,12-14H,4-6,10H2,1-3H3,(H,18,20)/t12-,13+,14+/m1/s1. The van der Waals surface area contributed by atoms with Gasteiger partial charge in [-0.1, -0.05) is 32.8 Å². The van der Waals surface area contributed by atoms with Gasteiger partial charge in [-0.25, -0.2) is 0 Å². The number of nitro benzene ring substituents is 1. The van der Waals surface area contributed by atoms with Crippen LogP contribution in [-0.2, 0) is 4.79 Å². The second kappa shape index (κ2) is 7.44. The molecule has 1 saturated carbocycles. The van der Waals surface area contributed by atoms with Crippen LogP contribution in [0.2, 0.25) is 0 Å². The number of hydrogen-bond acceptors (Lipinski definition) is 4. The van der Waals surface area contributed by atoms with E-state index in [4.69, 9.17) is 4.74 Å². The molecule has 1 amide bonds. The lowest BCUT2D eigenvalue weighted by atomic mass is 9.78. The van der Waals surface area contributed by atoms with Crippen LogP contribution in [-0.4, -0.2) is 23.5 Å². The molecule has 1 fully saturated rings. The van der Waals surface area contributed by atoms with Crippen LogP contribution in [0.15, 0.2) is 18.2 Å². The third-order valence-corrected chi connectivity index (χ3v) is 4.72. The van der Waals surface area contributed by atoms with Crippen molar-refractivity contribution in [1.82, 2.24) is 5.32 Å². The van der Waals surface area contributed by atoms with Crippen molar-refractivity contribution in [3.63, 3.8) is 0 Å². The summed E-state index contributed by atoms with van der Waals surface area (Å²) in [6.45, 7) is 5.92. The van der Waals surface area contributed by atoms with E-state index < -0.39 is 4.92 Å². The van der Waals surface area contributed by atoms with Crippen LogP contribution in [0.25, 0.3) is 0 Å². The maximum atomic E-state index is 12.1. The summed E-state index contributed by atoms with van der Waals surface area (Å²) in [6.07, 6.45) is 3.28. The lowest BCUT2D eigenvalue weighted by Gasteiger charge is -2.34. The van der Waals surface area contributed by atoms with Gasteiger partial charge in [-0.05, 0) is 36.8 Å². The van der Waals surface area contributed by atoms with E-state index >= 15 is 0 Å². The average Bonchev–Trinajstić information content (AvgIpc) is 2.50. The molecular weight excluding hydrogens is 296 g/mol. The Bertz CT molecular complexity index is 588. The molecule has 2 rings (SSSR count). The maximum absolute atomic E-state index is 12.1. The molecule has 6 heteroatoms. The van der Waals surface area contributed by atoms with Gasteiger partial charge < -0.3 is 10.1 Å². The second-order valence-corrected chi connectivity index (χ2v) is 6.46. The number of rotatable bonds is 5. The molecule has 23 heavy (non-hydrogen) atoms. The van der Waals surface area contributed by atoms with Crippen LogP contribution in [0.1, 0.15) is 38.7 Å². The quantitative estimate of drug-likeness (QED) is 0.667. The second-order valence-electron chi connectivity index (χ2n) is 6.46. The van der Waals surface area contributed by atoms with E-state index in [0.29, 0.717) is 11.8 Å². The van der Waals surface area contributed by atoms with Crippen molar-refractivity contribution in [2.24, 2.45) is 11.8 Å². The van der Waals surface area contributed by atoms with Gasteiger partial charge in [0.2, 0.25) is 0 Å². The molecule has 3 atom stereocenters. The minimum Gasteiger partial charge on any atom is -0.477 e. The summed E-state index contributed by atoms with van der Waals surface area (Å²) in [5.74, 6) is 0.918. The van der Waals surface area contributed by atoms with E-state index in [1.54, 1.807) is 13.0 Å². The molecule has 0 aromatic heterocycles. The molecule has 0 aliphatic heterocycles. The molecule has 1 aromatic carbocycles. The Balaban J connectivity index is 1.93. The van der Waals surface area contributed by atoms with Crippen LogP contribution in [0, 0.1) is 28.9 Å². The van der Waals surface area contributed by atoms with E-state index in [1.807, 2.05) is 0 Å². The van der Waals surface area contributed by atoms with Gasteiger partial charge in [0.1, 0.15) is 0 Å². The van der Waals surface area contributed by atoms with E-state index in [1.165, 1.54) is 18.6 Å². The van der Waals surface area contributed by atoms with Gasteiger partial charge in [-0.2, -0.15) is 0 Å². The van der Waals surface area contributed by atoms with Crippen molar-refractivity contribution in [2.45, 2.75) is 46.1 Å². The zero-order valence-electron chi connectivity index (χ0n) is 13.9. The van der Waals surface area contributed by atoms with Crippen molar-refractivity contribution in [2.75, 3.05) is 6.61 Å². The van der Waals surface area contributed by atoms with Crippen LogP contribution in [0.5, 0.6) is 5.75 Å². The van der Waals surface area contributed by atoms with Crippen molar-refractivity contribution < 1.29 is 14.5 Å². The molecule has 1 aromatic rings. The van der Waals surface area contributed by atoms with Crippen molar-refractivity contribution in [1.29, 1.82) is 0 Å². The molecule has 1 N–H and O–H groups in total. The van der Waals surface area contributed by atoms with E-state index in [0.717, 1.165) is 18.4 Å². The molecule has 0 spiro atoms. The third-order valence-electron chi connectivity index (χ3n) is 4.72. The first-order valence-electron chi connectivity index (χ1n) is 8.05. The highest BCUT2D eigenvalue weighted by Crippen LogP contribution is 2.30. The van der Waals surface area contributed by atoms with Crippen LogP contribution >= 0.6 is 0 Å². The topological polar surface area (TPSA) is 81.5 Å². The molecule has 0 unspecified atom stereocenters.